The average Bonchev–Trinajstić information content (AvgIpc) is 3.03. The summed E-state index contributed by atoms with van der Waals surface area (Å²) < 4.78 is 30.1. The Hall–Kier alpha value is -2.84. The van der Waals surface area contributed by atoms with Gasteiger partial charge in [0.15, 0.2) is 0 Å². The van der Waals surface area contributed by atoms with Gasteiger partial charge in [0.05, 0.1) is 4.90 Å². The molecule has 7 nitrogen and oxygen atoms in total. The third kappa shape index (κ3) is 4.60. The monoisotopic (exact) mass is 440 g/mol. The maximum absolute atomic E-state index is 13.2. The van der Waals surface area contributed by atoms with Gasteiger partial charge in [-0.05, 0) is 43.2 Å². The van der Waals surface area contributed by atoms with Crippen LogP contribution in [0.25, 0.3) is 10.9 Å². The molecule has 0 spiro atoms. The zero-order valence-corrected chi connectivity index (χ0v) is 18.5. The SMILES string of the molecule is CCn1ccc2cc(S(=O)(=O)N3CCCN(C(=O)NCc4ccccc4)CC3)ccc21. The molecule has 4 rings (SSSR count). The summed E-state index contributed by atoms with van der Waals surface area (Å²) in [6.45, 7) is 4.94. The fourth-order valence-electron chi connectivity index (χ4n) is 3.99. The lowest BCUT2D eigenvalue weighted by Gasteiger charge is -2.22. The van der Waals surface area contributed by atoms with E-state index in [-0.39, 0.29) is 12.6 Å². The van der Waals surface area contributed by atoms with Gasteiger partial charge >= 0.3 is 6.03 Å². The molecule has 1 aliphatic rings. The minimum absolute atomic E-state index is 0.162. The summed E-state index contributed by atoms with van der Waals surface area (Å²) in [7, 11) is -3.61. The van der Waals surface area contributed by atoms with Crippen LogP contribution in [0.3, 0.4) is 0 Å². The minimum Gasteiger partial charge on any atom is -0.348 e. The maximum Gasteiger partial charge on any atom is 0.317 e. The molecule has 1 N–H and O–H groups in total. The van der Waals surface area contributed by atoms with E-state index in [0.29, 0.717) is 37.5 Å². The van der Waals surface area contributed by atoms with Gasteiger partial charge in [0.1, 0.15) is 0 Å². The van der Waals surface area contributed by atoms with Crippen molar-refractivity contribution in [2.24, 2.45) is 0 Å². The molecular weight excluding hydrogens is 412 g/mol. The number of nitrogens with one attached hydrogen (secondary N) is 1. The Labute approximate surface area is 183 Å². The topological polar surface area (TPSA) is 74.7 Å². The number of carbonyl (C=O) groups excluding carboxylic acids is 1. The highest BCUT2D eigenvalue weighted by molar-refractivity contribution is 7.89. The van der Waals surface area contributed by atoms with Crippen LogP contribution in [0.1, 0.15) is 18.9 Å². The van der Waals surface area contributed by atoms with Crippen LogP contribution >= 0.6 is 0 Å². The molecule has 164 valence electrons. The second-order valence-corrected chi connectivity index (χ2v) is 9.65. The number of nitrogens with zero attached hydrogens (tertiary/aromatic N) is 3. The first-order valence-electron chi connectivity index (χ1n) is 10.6. The molecule has 1 aromatic heterocycles. The fourth-order valence-corrected chi connectivity index (χ4v) is 5.49. The smallest absolute Gasteiger partial charge is 0.317 e. The van der Waals surface area contributed by atoms with Gasteiger partial charge < -0.3 is 14.8 Å². The molecule has 1 aliphatic heterocycles. The van der Waals surface area contributed by atoms with Gasteiger partial charge in [-0.3, -0.25) is 0 Å². The largest absolute Gasteiger partial charge is 0.348 e. The van der Waals surface area contributed by atoms with Gasteiger partial charge in [0.2, 0.25) is 10.0 Å². The summed E-state index contributed by atoms with van der Waals surface area (Å²) in [5.74, 6) is 0. The van der Waals surface area contributed by atoms with Crippen molar-refractivity contribution in [2.45, 2.75) is 31.3 Å². The van der Waals surface area contributed by atoms with Crippen LogP contribution in [-0.2, 0) is 23.1 Å². The van der Waals surface area contributed by atoms with E-state index < -0.39 is 10.0 Å². The van der Waals surface area contributed by atoms with Crippen molar-refractivity contribution in [3.63, 3.8) is 0 Å². The molecule has 1 saturated heterocycles. The van der Waals surface area contributed by atoms with Crippen molar-refractivity contribution in [1.29, 1.82) is 0 Å². The predicted octanol–water partition coefficient (Wildman–Crippen LogP) is 3.27. The molecule has 1 fully saturated rings. The molecule has 0 radical (unpaired) electrons. The third-order valence-electron chi connectivity index (χ3n) is 5.75. The van der Waals surface area contributed by atoms with E-state index in [1.54, 1.807) is 17.0 Å². The van der Waals surface area contributed by atoms with Crippen LogP contribution in [0.2, 0.25) is 0 Å². The lowest BCUT2D eigenvalue weighted by molar-refractivity contribution is 0.200. The highest BCUT2D eigenvalue weighted by atomic mass is 32.2. The zero-order valence-electron chi connectivity index (χ0n) is 17.7. The first-order chi connectivity index (χ1) is 15.0. The van der Waals surface area contributed by atoms with E-state index in [1.165, 1.54) is 4.31 Å². The van der Waals surface area contributed by atoms with Crippen molar-refractivity contribution in [2.75, 3.05) is 26.2 Å². The molecular formula is C23H28N4O3S. The van der Waals surface area contributed by atoms with Gasteiger partial charge in [-0.2, -0.15) is 4.31 Å². The van der Waals surface area contributed by atoms with Crippen LogP contribution < -0.4 is 5.32 Å². The molecule has 31 heavy (non-hydrogen) atoms. The summed E-state index contributed by atoms with van der Waals surface area (Å²) in [5, 5.41) is 3.84. The number of benzene rings is 2. The Balaban J connectivity index is 1.42. The highest BCUT2D eigenvalue weighted by Gasteiger charge is 2.28. The van der Waals surface area contributed by atoms with Crippen molar-refractivity contribution >= 4 is 27.0 Å². The lowest BCUT2D eigenvalue weighted by Crippen LogP contribution is -2.42. The van der Waals surface area contributed by atoms with Gasteiger partial charge in [-0.25, -0.2) is 13.2 Å². The molecule has 2 heterocycles. The van der Waals surface area contributed by atoms with Crippen molar-refractivity contribution in [3.8, 4) is 0 Å². The summed E-state index contributed by atoms with van der Waals surface area (Å²) >= 11 is 0. The molecule has 0 aliphatic carbocycles. The molecule has 0 atom stereocenters. The number of urea groups is 1. The number of hydrogen-bond acceptors (Lipinski definition) is 3. The maximum atomic E-state index is 13.2. The van der Waals surface area contributed by atoms with Crippen molar-refractivity contribution in [1.82, 2.24) is 19.1 Å². The molecule has 2 amide bonds. The Morgan fingerprint density at radius 2 is 1.81 bits per heavy atom. The normalized spacial score (nSPS) is 15.7. The Kier molecular flexibility index (Phi) is 6.29. The molecule has 0 saturated carbocycles. The van der Waals surface area contributed by atoms with E-state index in [0.717, 1.165) is 23.0 Å². The van der Waals surface area contributed by atoms with Crippen LogP contribution in [0.15, 0.2) is 65.7 Å². The standard InChI is InChI=1S/C23H28N4O3S/c1-2-25-14-11-20-17-21(9-10-22(20)25)31(29,30)27-13-6-12-26(15-16-27)23(28)24-18-19-7-4-3-5-8-19/h3-5,7-11,14,17H,2,6,12-13,15-16,18H2,1H3,(H,24,28). The first-order valence-corrected chi connectivity index (χ1v) is 12.1. The van der Waals surface area contributed by atoms with E-state index in [4.69, 9.17) is 0 Å². The quantitative estimate of drug-likeness (QED) is 0.662. The van der Waals surface area contributed by atoms with Crippen LogP contribution in [0, 0.1) is 0 Å². The summed E-state index contributed by atoms with van der Waals surface area (Å²) in [6, 6.07) is 16.8. The van der Waals surface area contributed by atoms with Gasteiger partial charge in [0.25, 0.3) is 0 Å². The van der Waals surface area contributed by atoms with E-state index in [2.05, 4.69) is 16.8 Å². The summed E-state index contributed by atoms with van der Waals surface area (Å²) in [5.41, 5.74) is 2.06. The predicted molar refractivity (Wildman–Crippen MR) is 121 cm³/mol. The lowest BCUT2D eigenvalue weighted by atomic mass is 10.2. The molecule has 8 heteroatoms. The average molecular weight is 441 g/mol. The number of fused-ring (bicyclic) bond motifs is 1. The van der Waals surface area contributed by atoms with Crippen molar-refractivity contribution in [3.05, 3.63) is 66.4 Å². The Morgan fingerprint density at radius 1 is 1.00 bits per heavy atom. The van der Waals surface area contributed by atoms with Crippen LogP contribution in [0.4, 0.5) is 4.79 Å². The van der Waals surface area contributed by atoms with Crippen LogP contribution in [0.5, 0.6) is 0 Å². The van der Waals surface area contributed by atoms with E-state index in [9.17, 15) is 13.2 Å². The molecule has 0 unspecified atom stereocenters. The summed E-state index contributed by atoms with van der Waals surface area (Å²) in [4.78, 5) is 14.6. The molecule has 0 bridgehead atoms. The zero-order chi connectivity index (χ0) is 21.8. The fraction of sp³-hybridized carbons (Fsp3) is 0.348. The van der Waals surface area contributed by atoms with Gasteiger partial charge in [-0.15, -0.1) is 0 Å². The third-order valence-corrected chi connectivity index (χ3v) is 7.64. The Morgan fingerprint density at radius 3 is 2.58 bits per heavy atom. The summed E-state index contributed by atoms with van der Waals surface area (Å²) in [6.07, 6.45) is 2.57. The number of amides is 2. The second kappa shape index (κ2) is 9.11. The number of sulfonamides is 1. The van der Waals surface area contributed by atoms with Crippen LogP contribution in [-0.4, -0.2) is 54.4 Å². The first kappa shape index (κ1) is 21.4. The number of aryl methyl sites for hydroxylation is 1. The number of aromatic nitrogens is 1. The second-order valence-electron chi connectivity index (χ2n) is 7.71. The number of carbonyl (C=O) groups is 1. The molecule has 2 aromatic carbocycles. The van der Waals surface area contributed by atoms with Gasteiger partial charge in [-0.1, -0.05) is 30.3 Å². The highest BCUT2D eigenvalue weighted by Crippen LogP contribution is 2.24. The number of hydrogen-bond donors (Lipinski definition) is 1. The van der Waals surface area contributed by atoms with Crippen molar-refractivity contribution < 1.29 is 13.2 Å². The van der Waals surface area contributed by atoms with E-state index in [1.807, 2.05) is 48.7 Å². The minimum atomic E-state index is -3.61. The Bertz CT molecular complexity index is 1160. The van der Waals surface area contributed by atoms with Gasteiger partial charge in [0, 0.05) is 56.4 Å². The van der Waals surface area contributed by atoms with E-state index >= 15 is 0 Å². The molecule has 3 aromatic rings. The number of rotatable bonds is 5.